The SMILES string of the molecule is CCN(CC(=O)Nc1cccc(Cl)c1)C1CNC1. The van der Waals surface area contributed by atoms with Crippen LogP contribution in [-0.4, -0.2) is 43.0 Å². The molecule has 1 aliphatic rings. The molecular weight excluding hydrogens is 250 g/mol. The number of hydrogen-bond donors (Lipinski definition) is 2. The number of nitrogens with zero attached hydrogens (tertiary/aromatic N) is 1. The molecule has 0 aliphatic carbocycles. The molecule has 0 radical (unpaired) electrons. The zero-order valence-electron chi connectivity index (χ0n) is 10.4. The van der Waals surface area contributed by atoms with E-state index in [-0.39, 0.29) is 5.91 Å². The van der Waals surface area contributed by atoms with Gasteiger partial charge < -0.3 is 10.6 Å². The molecule has 2 N–H and O–H groups in total. The van der Waals surface area contributed by atoms with E-state index in [0.29, 0.717) is 17.6 Å². The number of benzene rings is 1. The normalized spacial score (nSPS) is 15.5. The molecule has 0 saturated carbocycles. The van der Waals surface area contributed by atoms with Crippen LogP contribution in [0.3, 0.4) is 0 Å². The Morgan fingerprint density at radius 2 is 2.33 bits per heavy atom. The molecule has 1 aromatic carbocycles. The highest BCUT2D eigenvalue weighted by Crippen LogP contribution is 2.15. The smallest absolute Gasteiger partial charge is 0.238 e. The molecule has 1 aliphatic heterocycles. The van der Waals surface area contributed by atoms with E-state index in [0.717, 1.165) is 25.3 Å². The van der Waals surface area contributed by atoms with Crippen molar-refractivity contribution < 1.29 is 4.79 Å². The summed E-state index contributed by atoms with van der Waals surface area (Å²) in [6, 6.07) is 7.69. The number of rotatable bonds is 5. The third-order valence-corrected chi connectivity index (χ3v) is 3.37. The van der Waals surface area contributed by atoms with Crippen molar-refractivity contribution >= 4 is 23.2 Å². The summed E-state index contributed by atoms with van der Waals surface area (Å²) in [6.07, 6.45) is 0. The number of amides is 1. The highest BCUT2D eigenvalue weighted by Gasteiger charge is 2.24. The topological polar surface area (TPSA) is 44.4 Å². The number of anilines is 1. The van der Waals surface area contributed by atoms with Crippen LogP contribution in [0.25, 0.3) is 0 Å². The summed E-state index contributed by atoms with van der Waals surface area (Å²) in [6.45, 7) is 5.33. The van der Waals surface area contributed by atoms with Crippen molar-refractivity contribution in [2.75, 3.05) is 31.5 Å². The maximum absolute atomic E-state index is 11.9. The largest absolute Gasteiger partial charge is 0.325 e. The summed E-state index contributed by atoms with van der Waals surface area (Å²) >= 11 is 5.87. The first-order valence-corrected chi connectivity index (χ1v) is 6.57. The maximum atomic E-state index is 11.9. The Labute approximate surface area is 112 Å². The summed E-state index contributed by atoms with van der Waals surface area (Å²) in [4.78, 5) is 14.1. The zero-order chi connectivity index (χ0) is 13.0. The molecule has 0 unspecified atom stereocenters. The lowest BCUT2D eigenvalue weighted by atomic mass is 10.1. The third kappa shape index (κ3) is 3.45. The zero-order valence-corrected chi connectivity index (χ0v) is 11.2. The van der Waals surface area contributed by atoms with Gasteiger partial charge in [0.05, 0.1) is 6.54 Å². The number of hydrogen-bond acceptors (Lipinski definition) is 3. The lowest BCUT2D eigenvalue weighted by molar-refractivity contribution is -0.118. The summed E-state index contributed by atoms with van der Waals surface area (Å²) in [5.74, 6) is 0.00557. The molecule has 1 aromatic rings. The van der Waals surface area contributed by atoms with Crippen LogP contribution in [0.5, 0.6) is 0 Å². The van der Waals surface area contributed by atoms with E-state index < -0.39 is 0 Å². The van der Waals surface area contributed by atoms with Gasteiger partial charge in [-0.05, 0) is 24.7 Å². The van der Waals surface area contributed by atoms with Crippen molar-refractivity contribution in [1.82, 2.24) is 10.2 Å². The number of carbonyl (C=O) groups is 1. The minimum Gasteiger partial charge on any atom is -0.325 e. The van der Waals surface area contributed by atoms with Crippen molar-refractivity contribution in [3.8, 4) is 0 Å². The molecule has 5 heteroatoms. The fraction of sp³-hybridized carbons (Fsp3) is 0.462. The number of carbonyl (C=O) groups excluding carboxylic acids is 1. The molecule has 4 nitrogen and oxygen atoms in total. The Morgan fingerprint density at radius 3 is 2.89 bits per heavy atom. The van der Waals surface area contributed by atoms with Gasteiger partial charge in [0.15, 0.2) is 0 Å². The molecule has 1 saturated heterocycles. The Morgan fingerprint density at radius 1 is 1.56 bits per heavy atom. The average molecular weight is 268 g/mol. The van der Waals surface area contributed by atoms with Gasteiger partial charge in [0, 0.05) is 29.8 Å². The lowest BCUT2D eigenvalue weighted by Gasteiger charge is -2.37. The van der Waals surface area contributed by atoms with Crippen molar-refractivity contribution in [2.45, 2.75) is 13.0 Å². The van der Waals surface area contributed by atoms with E-state index in [9.17, 15) is 4.79 Å². The van der Waals surface area contributed by atoms with Gasteiger partial charge in [-0.2, -0.15) is 0 Å². The molecule has 1 fully saturated rings. The Balaban J connectivity index is 1.87. The van der Waals surface area contributed by atoms with Crippen molar-refractivity contribution in [1.29, 1.82) is 0 Å². The maximum Gasteiger partial charge on any atom is 0.238 e. The molecule has 0 atom stereocenters. The highest BCUT2D eigenvalue weighted by atomic mass is 35.5. The fourth-order valence-electron chi connectivity index (χ4n) is 1.98. The second-order valence-electron chi connectivity index (χ2n) is 4.43. The van der Waals surface area contributed by atoms with Gasteiger partial charge in [-0.15, -0.1) is 0 Å². The van der Waals surface area contributed by atoms with E-state index >= 15 is 0 Å². The predicted octanol–water partition coefficient (Wildman–Crippen LogP) is 1.57. The Kier molecular flexibility index (Phi) is 4.58. The number of likely N-dealkylation sites (N-methyl/N-ethyl adjacent to an activating group) is 1. The van der Waals surface area contributed by atoms with E-state index in [1.165, 1.54) is 0 Å². The standard InChI is InChI=1S/C13H18ClN3O/c1-2-17(12-7-15-8-12)9-13(18)16-11-5-3-4-10(14)6-11/h3-6,12,15H,2,7-9H2,1H3,(H,16,18). The van der Waals surface area contributed by atoms with Gasteiger partial charge in [0.1, 0.15) is 0 Å². The molecule has 1 amide bonds. The molecule has 0 bridgehead atoms. The molecule has 98 valence electrons. The average Bonchev–Trinajstić information content (AvgIpc) is 2.25. The van der Waals surface area contributed by atoms with Gasteiger partial charge in [0.2, 0.25) is 5.91 Å². The highest BCUT2D eigenvalue weighted by molar-refractivity contribution is 6.30. The monoisotopic (exact) mass is 267 g/mol. The summed E-state index contributed by atoms with van der Waals surface area (Å²) in [5.41, 5.74) is 0.746. The Bertz CT molecular complexity index is 420. The molecule has 18 heavy (non-hydrogen) atoms. The van der Waals surface area contributed by atoms with Gasteiger partial charge in [-0.1, -0.05) is 24.6 Å². The minimum atomic E-state index is 0.00557. The first-order chi connectivity index (χ1) is 8.69. The minimum absolute atomic E-state index is 0.00557. The summed E-state index contributed by atoms with van der Waals surface area (Å²) in [7, 11) is 0. The van der Waals surface area contributed by atoms with Crippen molar-refractivity contribution in [3.63, 3.8) is 0 Å². The second kappa shape index (κ2) is 6.18. The fourth-order valence-corrected chi connectivity index (χ4v) is 2.17. The molecule has 2 rings (SSSR count). The predicted molar refractivity (Wildman–Crippen MR) is 74.0 cm³/mol. The van der Waals surface area contributed by atoms with E-state index in [1.54, 1.807) is 12.1 Å². The van der Waals surface area contributed by atoms with E-state index in [4.69, 9.17) is 11.6 Å². The van der Waals surface area contributed by atoms with Gasteiger partial charge in [-0.3, -0.25) is 9.69 Å². The lowest BCUT2D eigenvalue weighted by Crippen LogP contribution is -2.58. The molecule has 0 spiro atoms. The van der Waals surface area contributed by atoms with Crippen molar-refractivity contribution in [3.05, 3.63) is 29.3 Å². The van der Waals surface area contributed by atoms with Gasteiger partial charge in [-0.25, -0.2) is 0 Å². The van der Waals surface area contributed by atoms with Crippen LogP contribution in [0.4, 0.5) is 5.69 Å². The van der Waals surface area contributed by atoms with Gasteiger partial charge >= 0.3 is 0 Å². The van der Waals surface area contributed by atoms with Crippen LogP contribution in [0.2, 0.25) is 5.02 Å². The quantitative estimate of drug-likeness (QED) is 0.851. The van der Waals surface area contributed by atoms with Crippen LogP contribution in [0, 0.1) is 0 Å². The van der Waals surface area contributed by atoms with Crippen LogP contribution in [-0.2, 0) is 4.79 Å². The Hall–Kier alpha value is -1.10. The molecule has 0 aromatic heterocycles. The molecular formula is C13H18ClN3O. The first-order valence-electron chi connectivity index (χ1n) is 6.19. The van der Waals surface area contributed by atoms with Gasteiger partial charge in [0.25, 0.3) is 0 Å². The summed E-state index contributed by atoms with van der Waals surface area (Å²) < 4.78 is 0. The second-order valence-corrected chi connectivity index (χ2v) is 4.87. The van der Waals surface area contributed by atoms with Crippen LogP contribution in [0.15, 0.2) is 24.3 Å². The number of halogens is 1. The van der Waals surface area contributed by atoms with Crippen LogP contribution >= 0.6 is 11.6 Å². The van der Waals surface area contributed by atoms with E-state index in [1.807, 2.05) is 12.1 Å². The van der Waals surface area contributed by atoms with Crippen LogP contribution < -0.4 is 10.6 Å². The van der Waals surface area contributed by atoms with E-state index in [2.05, 4.69) is 22.5 Å². The third-order valence-electron chi connectivity index (χ3n) is 3.14. The van der Waals surface area contributed by atoms with Crippen molar-refractivity contribution in [2.24, 2.45) is 0 Å². The number of nitrogens with one attached hydrogen (secondary N) is 2. The first kappa shape index (κ1) is 13.3. The molecule has 1 heterocycles. The summed E-state index contributed by atoms with van der Waals surface area (Å²) in [5, 5.41) is 6.71. The van der Waals surface area contributed by atoms with Crippen LogP contribution in [0.1, 0.15) is 6.92 Å².